The van der Waals surface area contributed by atoms with Gasteiger partial charge in [-0.3, -0.25) is 0 Å². The number of rotatable bonds is 2. The topological polar surface area (TPSA) is 124 Å². The van der Waals surface area contributed by atoms with Crippen LogP contribution in [0.4, 0.5) is 0 Å². The third-order valence-corrected chi connectivity index (χ3v) is 1.91. The molecule has 10 heteroatoms. The third-order valence-electron chi connectivity index (χ3n) is 0.213. The van der Waals surface area contributed by atoms with Crippen molar-refractivity contribution in [2.24, 2.45) is 0 Å². The summed E-state index contributed by atoms with van der Waals surface area (Å²) < 4.78 is 22.2. The molecule has 0 fully saturated rings. The van der Waals surface area contributed by atoms with E-state index < -0.39 is 15.6 Å². The second kappa shape index (κ2) is 5.13. The van der Waals surface area contributed by atoms with Crippen molar-refractivity contribution in [3.8, 4) is 0 Å². The Morgan fingerprint density at radius 2 is 1.20 bits per heavy atom. The zero-order chi connectivity index (χ0) is 7.71. The molecule has 0 aromatic carbocycles. The molecule has 0 radical (unpaired) electrons. The predicted molar refractivity (Wildman–Crippen MR) is 26.3 cm³/mol. The van der Waals surface area contributed by atoms with Gasteiger partial charge in [0.25, 0.3) is 0 Å². The molecule has 0 aliphatic rings. The van der Waals surface area contributed by atoms with Crippen LogP contribution in [0.15, 0.2) is 0 Å². The molecule has 0 unspecified atom stereocenters. The first-order valence-electron chi connectivity index (χ1n) is 1.53. The molecular weight excluding hydrogens is 307 g/mol. The molecule has 0 aromatic heterocycles. The van der Waals surface area contributed by atoms with Gasteiger partial charge < -0.3 is 21.0 Å². The van der Waals surface area contributed by atoms with Gasteiger partial charge in [0.15, 0.2) is 0 Å². The van der Waals surface area contributed by atoms with Gasteiger partial charge in [-0.1, -0.05) is 0 Å². The van der Waals surface area contributed by atoms with Crippen LogP contribution in [-0.2, 0) is 13.4 Å². The van der Waals surface area contributed by atoms with Gasteiger partial charge in [0.1, 0.15) is 0 Å². The maximum atomic E-state index is 9.63. The van der Waals surface area contributed by atoms with Gasteiger partial charge in [-0.2, -0.15) is 4.31 Å². The number of hydrogen-bond donors (Lipinski definition) is 4. The Balaban J connectivity index is -0.000000320. The fourth-order valence-electron chi connectivity index (χ4n) is 0.139. The quantitative estimate of drug-likeness (QED) is 0.387. The molecule has 0 atom stereocenters. The monoisotopic (exact) mass is 312 g/mol. The Morgan fingerprint density at radius 3 is 1.20 bits per heavy atom. The van der Waals surface area contributed by atoms with Gasteiger partial charge in [-0.05, 0) is 0 Å². The summed E-state index contributed by atoms with van der Waals surface area (Å²) in [6, 6.07) is 0. The Morgan fingerprint density at radius 1 is 1.00 bits per heavy atom. The summed E-state index contributed by atoms with van der Waals surface area (Å²) in [6.45, 7) is 0. The first-order chi connectivity index (χ1) is 3.71. The smallest absolute Gasteiger partial charge is 1.00 e. The van der Waals surface area contributed by atoms with Crippen molar-refractivity contribution >= 4 is 15.6 Å². The molecule has 0 saturated carbocycles. The van der Waals surface area contributed by atoms with Gasteiger partial charge in [0.2, 0.25) is 0 Å². The fraction of sp³-hybridized carbons (Fsp3) is 0. The maximum absolute atomic E-state index is 9.63. The summed E-state index contributed by atoms with van der Waals surface area (Å²) in [4.78, 5) is 31.0. The van der Waals surface area contributed by atoms with Crippen LogP contribution in [0.25, 0.3) is 0 Å². The molecule has 4 N–H and O–H groups in total. The van der Waals surface area contributed by atoms with E-state index in [0.717, 1.165) is 0 Å². The van der Waals surface area contributed by atoms with E-state index in [1.165, 1.54) is 0 Å². The van der Waals surface area contributed by atoms with Crippen LogP contribution in [-0.4, -0.2) is 19.6 Å². The molecule has 10 heavy (non-hydrogen) atoms. The summed E-state index contributed by atoms with van der Waals surface area (Å²) >= 11 is 0. The molecule has 0 amide bonds. The minimum Gasteiger partial charge on any atom is -1.00 e. The van der Waals surface area contributed by atoms with E-state index in [-0.39, 0.29) is 70.3 Å². The molecule has 0 heterocycles. The predicted octanol–water partition coefficient (Wildman–Crippen LogP) is -3.70. The van der Waals surface area contributed by atoms with Gasteiger partial charge in [-0.25, -0.2) is 9.13 Å². The van der Waals surface area contributed by atoms with Crippen LogP contribution < -0.4 is 68.9 Å². The second-order valence-electron chi connectivity index (χ2n) is 1.06. The van der Waals surface area contributed by atoms with Gasteiger partial charge >= 0.3 is 84.5 Å². The van der Waals surface area contributed by atoms with Crippen LogP contribution in [0.2, 0.25) is 0 Å². The number of hydrogen-bond acceptors (Lipinski definition) is 3. The minimum atomic E-state index is -5.05. The van der Waals surface area contributed by atoms with E-state index in [2.05, 4.69) is 4.31 Å². The van der Waals surface area contributed by atoms with Crippen molar-refractivity contribution in [1.29, 1.82) is 0 Å². The Kier molecular flexibility index (Phi) is 7.60. The molecule has 7 nitrogen and oxygen atoms in total. The first-order valence-corrected chi connectivity index (χ1v) is 4.59. The SMILES string of the molecule is O=P(O)(O)OP(=O)(O)O.[Cs+].[H-]. The van der Waals surface area contributed by atoms with E-state index in [1.807, 2.05) is 0 Å². The van der Waals surface area contributed by atoms with Crippen molar-refractivity contribution < 1.29 is 103 Å². The molecule has 0 bridgehead atoms. The van der Waals surface area contributed by atoms with E-state index in [0.29, 0.717) is 0 Å². The van der Waals surface area contributed by atoms with Crippen molar-refractivity contribution in [2.75, 3.05) is 0 Å². The van der Waals surface area contributed by atoms with E-state index in [4.69, 9.17) is 19.6 Å². The molecular formula is H5CsO7P2. The van der Waals surface area contributed by atoms with E-state index >= 15 is 0 Å². The Labute approximate surface area is 117 Å². The van der Waals surface area contributed by atoms with Crippen LogP contribution in [0.3, 0.4) is 0 Å². The summed E-state index contributed by atoms with van der Waals surface area (Å²) in [5.41, 5.74) is 0. The normalized spacial score (nSPS) is 12.4. The molecule has 0 aliphatic heterocycles. The Bertz CT molecular complexity index is 157. The van der Waals surface area contributed by atoms with Crippen LogP contribution in [0, 0.1) is 0 Å². The molecule has 0 rings (SSSR count). The summed E-state index contributed by atoms with van der Waals surface area (Å²) in [5, 5.41) is 0. The summed E-state index contributed by atoms with van der Waals surface area (Å²) in [6.07, 6.45) is 0. The van der Waals surface area contributed by atoms with Crippen molar-refractivity contribution in [1.82, 2.24) is 0 Å². The van der Waals surface area contributed by atoms with Crippen LogP contribution in [0.5, 0.6) is 0 Å². The number of phosphoric acid groups is 2. The van der Waals surface area contributed by atoms with Crippen molar-refractivity contribution in [2.45, 2.75) is 0 Å². The maximum Gasteiger partial charge on any atom is 1.00 e. The molecule has 0 aliphatic carbocycles. The molecule has 0 saturated heterocycles. The summed E-state index contributed by atoms with van der Waals surface area (Å²) in [7, 11) is -10.1. The van der Waals surface area contributed by atoms with Gasteiger partial charge in [-0.15, -0.1) is 0 Å². The average Bonchev–Trinajstić information content (AvgIpc) is 1.14. The largest absolute Gasteiger partial charge is 1.00 e. The van der Waals surface area contributed by atoms with E-state index in [1.54, 1.807) is 0 Å². The third kappa shape index (κ3) is 12.9. The standard InChI is InChI=1S/Cs.H4O7P2.H/c;1-8(2,3)7-9(4,5)6;/h;(H2,1,2,3)(H2,4,5,6);/q+1;;-1. The Hall–Kier alpha value is 2.31. The molecule has 0 aromatic rings. The fourth-order valence-corrected chi connectivity index (χ4v) is 1.25. The van der Waals surface area contributed by atoms with Crippen LogP contribution in [0.1, 0.15) is 1.43 Å². The zero-order valence-electron chi connectivity index (χ0n) is 5.91. The second-order valence-corrected chi connectivity index (χ2v) is 3.68. The average molecular weight is 312 g/mol. The van der Waals surface area contributed by atoms with Crippen LogP contribution >= 0.6 is 15.6 Å². The van der Waals surface area contributed by atoms with Gasteiger partial charge in [0.05, 0.1) is 0 Å². The van der Waals surface area contributed by atoms with E-state index in [9.17, 15) is 9.13 Å². The molecule has 0 spiro atoms. The van der Waals surface area contributed by atoms with Crippen molar-refractivity contribution in [3.63, 3.8) is 0 Å². The first kappa shape index (κ1) is 14.8. The van der Waals surface area contributed by atoms with Crippen molar-refractivity contribution in [3.05, 3.63) is 0 Å². The molecule has 58 valence electrons. The van der Waals surface area contributed by atoms with Gasteiger partial charge in [0, 0.05) is 0 Å². The summed E-state index contributed by atoms with van der Waals surface area (Å²) in [5.74, 6) is 0. The zero-order valence-corrected chi connectivity index (χ0v) is 13.0. The minimum absolute atomic E-state index is 0.